The Morgan fingerprint density at radius 1 is 0.750 bits per heavy atom. The normalized spacial score (nSPS) is 9.91. The molecule has 162 valence electrons. The van der Waals surface area contributed by atoms with Gasteiger partial charge in [0.1, 0.15) is 0 Å². The molecule has 9 heteroatoms. The van der Waals surface area contributed by atoms with Gasteiger partial charge in [0.15, 0.2) is 10.9 Å². The zero-order chi connectivity index (χ0) is 22.9. The maximum atomic E-state index is 12.8. The summed E-state index contributed by atoms with van der Waals surface area (Å²) in [7, 11) is 1.21. The number of ether oxygens (including phenoxy) is 1. The number of ketones is 1. The molecule has 0 heterocycles. The number of nitrogens with one attached hydrogen (secondary N) is 4. The van der Waals surface area contributed by atoms with Gasteiger partial charge in [-0.2, -0.15) is 0 Å². The molecule has 4 N–H and O–H groups in total. The molecule has 0 radical (unpaired) electrons. The van der Waals surface area contributed by atoms with Crippen molar-refractivity contribution >= 4 is 52.3 Å². The number of urea groups is 1. The van der Waals surface area contributed by atoms with Crippen LogP contribution in [0.15, 0.2) is 78.9 Å². The Balaban J connectivity index is 1.85. The topological polar surface area (TPSA) is 109 Å². The Morgan fingerprint density at radius 3 is 2.06 bits per heavy atom. The van der Waals surface area contributed by atoms with E-state index in [4.69, 9.17) is 12.2 Å². The summed E-state index contributed by atoms with van der Waals surface area (Å²) in [5, 5.41) is 10.5. The maximum absolute atomic E-state index is 12.8. The molecule has 0 aliphatic carbocycles. The van der Waals surface area contributed by atoms with Crippen LogP contribution in [0.3, 0.4) is 0 Å². The summed E-state index contributed by atoms with van der Waals surface area (Å²) in [5.74, 6) is -0.208. The second kappa shape index (κ2) is 10.7. The maximum Gasteiger partial charge on any atom is 0.413 e. The Morgan fingerprint density at radius 2 is 1.41 bits per heavy atom. The lowest BCUT2D eigenvalue weighted by atomic mass is 10.0. The van der Waals surface area contributed by atoms with Crippen molar-refractivity contribution in [3.05, 3.63) is 90.0 Å². The van der Waals surface area contributed by atoms with Crippen LogP contribution in [-0.4, -0.2) is 30.1 Å². The van der Waals surface area contributed by atoms with Gasteiger partial charge in [-0.3, -0.25) is 10.1 Å². The zero-order valence-corrected chi connectivity index (χ0v) is 17.9. The van der Waals surface area contributed by atoms with Crippen molar-refractivity contribution in [1.29, 1.82) is 0 Å². The highest BCUT2D eigenvalue weighted by atomic mass is 32.1. The van der Waals surface area contributed by atoms with Crippen molar-refractivity contribution in [2.24, 2.45) is 0 Å². The summed E-state index contributed by atoms with van der Waals surface area (Å²) in [6, 6.07) is 21.9. The number of para-hydroxylation sites is 1. The fourth-order valence-corrected chi connectivity index (χ4v) is 2.95. The average Bonchev–Trinajstić information content (AvgIpc) is 2.80. The first-order valence-electron chi connectivity index (χ1n) is 9.49. The SMILES string of the molecule is COC(=O)NC(=S)Nc1cc(C(=O)c2ccccc2)ccc1NC(=O)Nc1ccccc1. The highest BCUT2D eigenvalue weighted by Gasteiger charge is 2.15. The predicted octanol–water partition coefficient (Wildman–Crippen LogP) is 4.61. The molecule has 0 fully saturated rings. The van der Waals surface area contributed by atoms with Gasteiger partial charge < -0.3 is 20.7 Å². The quantitative estimate of drug-likeness (QED) is 0.335. The van der Waals surface area contributed by atoms with Gasteiger partial charge in [0, 0.05) is 16.8 Å². The number of carbonyl (C=O) groups is 3. The van der Waals surface area contributed by atoms with Crippen LogP contribution in [-0.2, 0) is 4.74 Å². The smallest absolute Gasteiger partial charge is 0.413 e. The molecule has 0 spiro atoms. The van der Waals surface area contributed by atoms with E-state index >= 15 is 0 Å². The summed E-state index contributed by atoms with van der Waals surface area (Å²) in [4.78, 5) is 36.7. The molecule has 3 amide bonds. The zero-order valence-electron chi connectivity index (χ0n) is 17.0. The van der Waals surface area contributed by atoms with E-state index in [2.05, 4.69) is 26.0 Å². The molecule has 0 unspecified atom stereocenters. The van der Waals surface area contributed by atoms with Gasteiger partial charge in [-0.1, -0.05) is 48.5 Å². The van der Waals surface area contributed by atoms with Crippen molar-refractivity contribution in [3.8, 4) is 0 Å². The van der Waals surface area contributed by atoms with Crippen molar-refractivity contribution in [3.63, 3.8) is 0 Å². The molecular formula is C23H20N4O4S. The van der Waals surface area contributed by atoms with Crippen LogP contribution >= 0.6 is 12.2 Å². The number of anilines is 3. The third-order valence-electron chi connectivity index (χ3n) is 4.25. The molecule has 3 rings (SSSR count). The minimum absolute atomic E-state index is 0.0623. The Kier molecular flexibility index (Phi) is 7.50. The van der Waals surface area contributed by atoms with Gasteiger partial charge >= 0.3 is 12.1 Å². The molecule has 0 saturated heterocycles. The van der Waals surface area contributed by atoms with E-state index in [0.717, 1.165) is 0 Å². The Hall–Kier alpha value is -4.24. The Labute approximate surface area is 190 Å². The summed E-state index contributed by atoms with van der Waals surface area (Å²) in [6.45, 7) is 0. The molecular weight excluding hydrogens is 428 g/mol. The number of methoxy groups -OCH3 is 1. The molecule has 0 aliphatic heterocycles. The number of carbonyl (C=O) groups excluding carboxylic acids is 3. The van der Waals surface area contributed by atoms with Crippen LogP contribution in [0.2, 0.25) is 0 Å². The average molecular weight is 449 g/mol. The molecule has 0 aromatic heterocycles. The first-order chi connectivity index (χ1) is 15.5. The standard InChI is InChI=1S/C23H20N4O4S/c1-31-23(30)27-22(32)26-19-14-16(20(28)15-8-4-2-5-9-15)12-13-18(19)25-21(29)24-17-10-6-3-7-11-17/h2-14H,1H3,(H2,24,25,29)(H2,26,27,30,32). The molecule has 8 nitrogen and oxygen atoms in total. The third kappa shape index (κ3) is 6.13. The van der Waals surface area contributed by atoms with Crippen molar-refractivity contribution < 1.29 is 19.1 Å². The van der Waals surface area contributed by atoms with Gasteiger partial charge in [0.05, 0.1) is 18.5 Å². The van der Waals surface area contributed by atoms with Gasteiger partial charge in [-0.25, -0.2) is 9.59 Å². The molecule has 3 aromatic carbocycles. The van der Waals surface area contributed by atoms with Gasteiger partial charge in [-0.15, -0.1) is 0 Å². The van der Waals surface area contributed by atoms with E-state index in [1.165, 1.54) is 7.11 Å². The van der Waals surface area contributed by atoms with Gasteiger partial charge in [0.25, 0.3) is 0 Å². The number of amides is 3. The molecule has 32 heavy (non-hydrogen) atoms. The van der Waals surface area contributed by atoms with Crippen molar-refractivity contribution in [2.75, 3.05) is 23.1 Å². The van der Waals surface area contributed by atoms with Gasteiger partial charge in [0.2, 0.25) is 0 Å². The summed E-state index contributed by atoms with van der Waals surface area (Å²) in [6.07, 6.45) is -0.754. The lowest BCUT2D eigenvalue weighted by Gasteiger charge is -2.16. The number of alkyl carbamates (subject to hydrolysis) is 1. The van der Waals surface area contributed by atoms with Crippen LogP contribution in [0.4, 0.5) is 26.7 Å². The van der Waals surface area contributed by atoms with E-state index in [-0.39, 0.29) is 10.9 Å². The molecule has 3 aromatic rings. The van der Waals surface area contributed by atoms with Crippen LogP contribution in [0, 0.1) is 0 Å². The number of rotatable bonds is 5. The van der Waals surface area contributed by atoms with E-state index in [1.807, 2.05) is 12.1 Å². The molecule has 0 saturated carbocycles. The molecule has 0 atom stereocenters. The summed E-state index contributed by atoms with van der Waals surface area (Å²) >= 11 is 5.12. The highest BCUT2D eigenvalue weighted by molar-refractivity contribution is 7.80. The fourth-order valence-electron chi connectivity index (χ4n) is 2.76. The van der Waals surface area contributed by atoms with E-state index in [9.17, 15) is 14.4 Å². The summed E-state index contributed by atoms with van der Waals surface area (Å²) in [5.41, 5.74) is 2.15. The summed E-state index contributed by atoms with van der Waals surface area (Å²) < 4.78 is 4.53. The number of hydrogen-bond donors (Lipinski definition) is 4. The Bertz CT molecular complexity index is 1140. The van der Waals surface area contributed by atoms with Crippen LogP contribution in [0.25, 0.3) is 0 Å². The first kappa shape index (κ1) is 22.4. The molecule has 0 bridgehead atoms. The van der Waals surface area contributed by atoms with Crippen LogP contribution in [0.5, 0.6) is 0 Å². The second-order valence-electron chi connectivity index (χ2n) is 6.47. The van der Waals surface area contributed by atoms with Crippen molar-refractivity contribution in [2.45, 2.75) is 0 Å². The van der Waals surface area contributed by atoms with Gasteiger partial charge in [-0.05, 0) is 42.5 Å². The molecule has 0 aliphatic rings. The number of benzene rings is 3. The van der Waals surface area contributed by atoms with E-state index < -0.39 is 12.1 Å². The predicted molar refractivity (Wildman–Crippen MR) is 127 cm³/mol. The third-order valence-corrected chi connectivity index (χ3v) is 4.45. The van der Waals surface area contributed by atoms with Crippen molar-refractivity contribution in [1.82, 2.24) is 5.32 Å². The minimum Gasteiger partial charge on any atom is -0.453 e. The monoisotopic (exact) mass is 448 g/mol. The fraction of sp³-hybridized carbons (Fsp3) is 0.0435. The highest BCUT2D eigenvalue weighted by Crippen LogP contribution is 2.25. The van der Waals surface area contributed by atoms with E-state index in [0.29, 0.717) is 28.2 Å². The van der Waals surface area contributed by atoms with Crippen LogP contribution < -0.4 is 21.3 Å². The minimum atomic E-state index is -0.754. The van der Waals surface area contributed by atoms with Crippen LogP contribution in [0.1, 0.15) is 15.9 Å². The number of hydrogen-bond acceptors (Lipinski definition) is 5. The van der Waals surface area contributed by atoms with E-state index in [1.54, 1.807) is 66.7 Å². The first-order valence-corrected chi connectivity index (χ1v) is 9.90. The lowest BCUT2D eigenvalue weighted by molar-refractivity contribution is 0.103. The number of thiocarbonyl (C=S) groups is 1. The lowest BCUT2D eigenvalue weighted by Crippen LogP contribution is -2.34. The second-order valence-corrected chi connectivity index (χ2v) is 6.88. The largest absolute Gasteiger partial charge is 0.453 e.